The summed E-state index contributed by atoms with van der Waals surface area (Å²) in [5.41, 5.74) is -0.608. The van der Waals surface area contributed by atoms with Crippen molar-refractivity contribution in [3.8, 4) is 0 Å². The molecule has 0 heterocycles. The van der Waals surface area contributed by atoms with Gasteiger partial charge in [0, 0.05) is 12.0 Å². The van der Waals surface area contributed by atoms with Gasteiger partial charge in [-0.15, -0.1) is 0 Å². The van der Waals surface area contributed by atoms with Crippen molar-refractivity contribution in [3.05, 3.63) is 34.1 Å². The highest BCUT2D eigenvalue weighted by Crippen LogP contribution is 2.37. The first-order chi connectivity index (χ1) is 9.58. The van der Waals surface area contributed by atoms with Crippen LogP contribution in [0.25, 0.3) is 0 Å². The molecule has 5 nitrogen and oxygen atoms in total. The molecule has 0 radical (unpaired) electrons. The van der Waals surface area contributed by atoms with E-state index in [1.54, 1.807) is 0 Å². The maximum Gasteiger partial charge on any atom is 0.327 e. The number of nitrogens with zero attached hydrogens (tertiary/aromatic N) is 1. The fourth-order valence-corrected chi connectivity index (χ4v) is 2.82. The summed E-state index contributed by atoms with van der Waals surface area (Å²) in [7, 11) is 0. The van der Waals surface area contributed by atoms with Gasteiger partial charge < -0.3 is 10.4 Å². The lowest BCUT2D eigenvalue weighted by Gasteiger charge is -2.35. The molecule has 6 heteroatoms. The molecule has 2 rings (SSSR count). The molecule has 0 aliphatic heterocycles. The van der Waals surface area contributed by atoms with Gasteiger partial charge in [-0.3, -0.25) is 10.1 Å². The van der Waals surface area contributed by atoms with Gasteiger partial charge >= 0.3 is 5.69 Å². The van der Waals surface area contributed by atoms with Gasteiger partial charge in [0.15, 0.2) is 0 Å². The number of rotatable bonds is 5. The van der Waals surface area contributed by atoms with E-state index in [0.29, 0.717) is 6.54 Å². The van der Waals surface area contributed by atoms with E-state index in [-0.39, 0.29) is 17.7 Å². The summed E-state index contributed by atoms with van der Waals surface area (Å²) in [5.74, 6) is -0.846. The Bertz CT molecular complexity index is 487. The molecule has 20 heavy (non-hydrogen) atoms. The zero-order chi connectivity index (χ0) is 14.6. The summed E-state index contributed by atoms with van der Waals surface area (Å²) in [6, 6.07) is 4.01. The van der Waals surface area contributed by atoms with E-state index < -0.39 is 16.4 Å². The van der Waals surface area contributed by atoms with Crippen LogP contribution in [0.4, 0.5) is 15.8 Å². The minimum atomic E-state index is -0.846. The quantitative estimate of drug-likeness (QED) is 0.642. The van der Waals surface area contributed by atoms with E-state index in [4.69, 9.17) is 0 Å². The maximum absolute atomic E-state index is 13.5. The predicted molar refractivity (Wildman–Crippen MR) is 74.1 cm³/mol. The van der Waals surface area contributed by atoms with E-state index in [1.165, 1.54) is 12.1 Å². The number of aliphatic hydroxyl groups is 1. The second-order valence-electron chi connectivity index (χ2n) is 5.47. The van der Waals surface area contributed by atoms with Crippen LogP contribution in [0.2, 0.25) is 0 Å². The van der Waals surface area contributed by atoms with Crippen molar-refractivity contribution in [2.75, 3.05) is 18.5 Å². The van der Waals surface area contributed by atoms with Crippen LogP contribution >= 0.6 is 0 Å². The molecular formula is C14H19FN2O3. The van der Waals surface area contributed by atoms with Crippen molar-refractivity contribution in [2.45, 2.75) is 32.1 Å². The monoisotopic (exact) mass is 282 g/mol. The highest BCUT2D eigenvalue weighted by Gasteiger charge is 2.32. The van der Waals surface area contributed by atoms with Crippen LogP contribution in [-0.4, -0.2) is 23.2 Å². The highest BCUT2D eigenvalue weighted by atomic mass is 19.1. The minimum Gasteiger partial charge on any atom is -0.396 e. The minimum absolute atomic E-state index is 0.0448. The number of hydrogen-bond donors (Lipinski definition) is 2. The molecular weight excluding hydrogens is 263 g/mol. The third-order valence-electron chi connectivity index (χ3n) is 4.07. The number of benzene rings is 1. The lowest BCUT2D eigenvalue weighted by molar-refractivity contribution is -0.386. The molecule has 0 amide bonds. The average Bonchev–Trinajstić information content (AvgIpc) is 2.45. The number of anilines is 1. The zero-order valence-electron chi connectivity index (χ0n) is 11.3. The Kier molecular flexibility index (Phi) is 4.54. The van der Waals surface area contributed by atoms with E-state index in [1.807, 2.05) is 0 Å². The van der Waals surface area contributed by atoms with Crippen LogP contribution in [0.3, 0.4) is 0 Å². The fraction of sp³-hybridized carbons (Fsp3) is 0.571. The summed E-state index contributed by atoms with van der Waals surface area (Å²) in [4.78, 5) is 10.2. The van der Waals surface area contributed by atoms with Crippen molar-refractivity contribution in [1.29, 1.82) is 0 Å². The van der Waals surface area contributed by atoms with Crippen LogP contribution in [0, 0.1) is 21.3 Å². The Morgan fingerprint density at radius 2 is 2.05 bits per heavy atom. The first-order valence-electron chi connectivity index (χ1n) is 6.86. The molecule has 1 aliphatic carbocycles. The standard InChI is InChI=1S/C14H19FN2O3/c15-11-5-4-6-12(13(11)17(19)20)16-9-14(10-18)7-2-1-3-8-14/h4-6,16,18H,1-3,7-10H2. The van der Waals surface area contributed by atoms with E-state index in [9.17, 15) is 19.6 Å². The number of nitro benzene ring substituents is 1. The molecule has 0 atom stereocenters. The van der Waals surface area contributed by atoms with E-state index in [2.05, 4.69) is 5.32 Å². The van der Waals surface area contributed by atoms with Crippen molar-refractivity contribution < 1.29 is 14.4 Å². The number of para-hydroxylation sites is 1. The summed E-state index contributed by atoms with van der Waals surface area (Å²) >= 11 is 0. The average molecular weight is 282 g/mol. The lowest BCUT2D eigenvalue weighted by atomic mass is 9.74. The van der Waals surface area contributed by atoms with E-state index in [0.717, 1.165) is 38.2 Å². The molecule has 1 saturated carbocycles. The Morgan fingerprint density at radius 3 is 2.65 bits per heavy atom. The molecule has 1 aliphatic rings. The van der Waals surface area contributed by atoms with E-state index >= 15 is 0 Å². The largest absolute Gasteiger partial charge is 0.396 e. The van der Waals surface area contributed by atoms with Crippen molar-refractivity contribution in [3.63, 3.8) is 0 Å². The van der Waals surface area contributed by atoms with Gasteiger partial charge in [0.1, 0.15) is 5.69 Å². The first-order valence-corrected chi connectivity index (χ1v) is 6.86. The van der Waals surface area contributed by atoms with Crippen molar-refractivity contribution in [1.82, 2.24) is 0 Å². The van der Waals surface area contributed by atoms with Gasteiger partial charge in [0.05, 0.1) is 11.5 Å². The van der Waals surface area contributed by atoms with Crippen LogP contribution in [0.1, 0.15) is 32.1 Å². The SMILES string of the molecule is O=[N+]([O-])c1c(F)cccc1NCC1(CO)CCCCC1. The number of hydrogen-bond acceptors (Lipinski definition) is 4. The van der Waals surface area contributed by atoms with Gasteiger partial charge in [-0.1, -0.05) is 25.3 Å². The van der Waals surface area contributed by atoms with Gasteiger partial charge in [-0.25, -0.2) is 0 Å². The predicted octanol–water partition coefficient (Wildman–Crippen LogP) is 3.09. The smallest absolute Gasteiger partial charge is 0.327 e. The number of nitrogens with one attached hydrogen (secondary N) is 1. The molecule has 2 N–H and O–H groups in total. The van der Waals surface area contributed by atoms with Crippen LogP contribution in [-0.2, 0) is 0 Å². The summed E-state index contributed by atoms with van der Waals surface area (Å²) < 4.78 is 13.5. The van der Waals surface area contributed by atoms with Crippen LogP contribution < -0.4 is 5.32 Å². The summed E-state index contributed by atoms with van der Waals surface area (Å²) in [6.45, 7) is 0.469. The van der Waals surface area contributed by atoms with Crippen LogP contribution in [0.5, 0.6) is 0 Å². The molecule has 0 spiro atoms. The second kappa shape index (κ2) is 6.17. The first kappa shape index (κ1) is 14.7. The van der Waals surface area contributed by atoms with Crippen molar-refractivity contribution in [2.24, 2.45) is 5.41 Å². The molecule has 1 fully saturated rings. The topological polar surface area (TPSA) is 75.4 Å². The number of aliphatic hydroxyl groups excluding tert-OH is 1. The Labute approximate surface area is 117 Å². The second-order valence-corrected chi connectivity index (χ2v) is 5.47. The third-order valence-corrected chi connectivity index (χ3v) is 4.07. The van der Waals surface area contributed by atoms with Crippen molar-refractivity contribution >= 4 is 11.4 Å². The Hall–Kier alpha value is -1.69. The molecule has 110 valence electrons. The van der Waals surface area contributed by atoms with Gasteiger partial charge in [0.2, 0.25) is 5.82 Å². The molecule has 1 aromatic rings. The normalized spacial score (nSPS) is 17.7. The lowest BCUT2D eigenvalue weighted by Crippen LogP contribution is -2.35. The Balaban J connectivity index is 2.14. The molecule has 0 saturated heterocycles. The Morgan fingerprint density at radius 1 is 1.35 bits per heavy atom. The van der Waals surface area contributed by atoms with Gasteiger partial charge in [0.25, 0.3) is 0 Å². The molecule has 0 bridgehead atoms. The van der Waals surface area contributed by atoms with Crippen LogP contribution in [0.15, 0.2) is 18.2 Å². The summed E-state index contributed by atoms with van der Waals surface area (Å²) in [6.07, 6.45) is 5.03. The molecule has 0 unspecified atom stereocenters. The molecule has 1 aromatic carbocycles. The zero-order valence-corrected chi connectivity index (χ0v) is 11.3. The number of nitro groups is 1. The number of halogens is 1. The maximum atomic E-state index is 13.5. The fourth-order valence-electron chi connectivity index (χ4n) is 2.82. The molecule has 0 aromatic heterocycles. The highest BCUT2D eigenvalue weighted by molar-refractivity contribution is 5.62. The van der Waals surface area contributed by atoms with Gasteiger partial charge in [-0.05, 0) is 25.0 Å². The third kappa shape index (κ3) is 3.07. The summed E-state index contributed by atoms with van der Waals surface area (Å²) in [5, 5.41) is 23.5. The van der Waals surface area contributed by atoms with Gasteiger partial charge in [-0.2, -0.15) is 4.39 Å².